The minimum Gasteiger partial charge on any atom is -0.490 e. The number of nitrogens with one attached hydrogen (secondary N) is 2. The smallest absolute Gasteiger partial charge is 0.262 e. The van der Waals surface area contributed by atoms with Crippen molar-refractivity contribution in [1.29, 1.82) is 5.26 Å². The number of hydrogen-bond acceptors (Lipinski definition) is 8. The standard InChI is InChI=1S/C30H29BrN4O6/c1-4-38-26-12-19(11-23(31)28(26)39-16-22-8-6-5-7-21(22)14-32)15-33-35-30(37)27(18(2)3)34-29(36)20-9-10-24-25(13-20)41-17-40-24/h5-13,15,18,27H,4,16-17H2,1-3H3,(H,34,36)(H,35,37)/b33-15+. The second kappa shape index (κ2) is 13.7. The Morgan fingerprint density at radius 3 is 2.66 bits per heavy atom. The monoisotopic (exact) mass is 620 g/mol. The number of hydrazone groups is 1. The quantitative estimate of drug-likeness (QED) is 0.229. The van der Waals surface area contributed by atoms with Gasteiger partial charge in [0.1, 0.15) is 12.6 Å². The molecule has 11 heteroatoms. The molecule has 0 radical (unpaired) electrons. The topological polar surface area (TPSA) is 131 Å². The van der Waals surface area contributed by atoms with Crippen LogP contribution < -0.4 is 29.7 Å². The van der Waals surface area contributed by atoms with Gasteiger partial charge in [0.05, 0.1) is 28.9 Å². The van der Waals surface area contributed by atoms with Gasteiger partial charge < -0.3 is 24.3 Å². The number of halogens is 1. The van der Waals surface area contributed by atoms with Crippen molar-refractivity contribution >= 4 is 34.0 Å². The average molecular weight is 621 g/mol. The van der Waals surface area contributed by atoms with E-state index in [1.807, 2.05) is 32.9 Å². The molecule has 0 aliphatic carbocycles. The third-order valence-electron chi connectivity index (χ3n) is 6.10. The summed E-state index contributed by atoms with van der Waals surface area (Å²) >= 11 is 3.52. The molecular formula is C30H29BrN4O6. The number of benzene rings is 3. The molecule has 41 heavy (non-hydrogen) atoms. The Labute approximate surface area is 246 Å². The summed E-state index contributed by atoms with van der Waals surface area (Å²) in [4.78, 5) is 25.8. The number of carbonyl (C=O) groups is 2. The van der Waals surface area contributed by atoms with Crippen molar-refractivity contribution in [2.45, 2.75) is 33.4 Å². The van der Waals surface area contributed by atoms with E-state index in [1.54, 1.807) is 42.5 Å². The van der Waals surface area contributed by atoms with E-state index < -0.39 is 17.9 Å². The summed E-state index contributed by atoms with van der Waals surface area (Å²) in [5.74, 6) is 0.910. The van der Waals surface area contributed by atoms with Crippen LogP contribution in [0.15, 0.2) is 64.2 Å². The highest BCUT2D eigenvalue weighted by Gasteiger charge is 2.25. The number of carbonyl (C=O) groups excluding carboxylic acids is 2. The first-order chi connectivity index (χ1) is 19.8. The molecule has 1 heterocycles. The highest BCUT2D eigenvalue weighted by molar-refractivity contribution is 9.10. The zero-order valence-corrected chi connectivity index (χ0v) is 24.4. The predicted molar refractivity (Wildman–Crippen MR) is 155 cm³/mol. The van der Waals surface area contributed by atoms with Crippen molar-refractivity contribution in [3.8, 4) is 29.1 Å². The molecule has 3 aromatic rings. The van der Waals surface area contributed by atoms with E-state index in [-0.39, 0.29) is 19.3 Å². The van der Waals surface area contributed by atoms with Crippen molar-refractivity contribution in [2.24, 2.45) is 11.0 Å². The number of fused-ring (bicyclic) bond motifs is 1. The summed E-state index contributed by atoms with van der Waals surface area (Å²) in [7, 11) is 0. The van der Waals surface area contributed by atoms with Gasteiger partial charge in [-0.15, -0.1) is 0 Å². The summed E-state index contributed by atoms with van der Waals surface area (Å²) in [6.07, 6.45) is 1.47. The van der Waals surface area contributed by atoms with Gasteiger partial charge in [0.25, 0.3) is 11.8 Å². The number of rotatable bonds is 11. The summed E-state index contributed by atoms with van der Waals surface area (Å²) in [5, 5.41) is 16.2. The Bertz CT molecular complexity index is 1500. The van der Waals surface area contributed by atoms with E-state index in [0.29, 0.717) is 50.8 Å². The fourth-order valence-corrected chi connectivity index (χ4v) is 4.58. The molecule has 0 fully saturated rings. The Hall–Kier alpha value is -4.56. The van der Waals surface area contributed by atoms with Crippen LogP contribution in [0.3, 0.4) is 0 Å². The van der Waals surface area contributed by atoms with Gasteiger partial charge in [-0.25, -0.2) is 5.43 Å². The van der Waals surface area contributed by atoms with Crippen molar-refractivity contribution < 1.29 is 28.5 Å². The molecule has 0 bridgehead atoms. The van der Waals surface area contributed by atoms with Crippen LogP contribution in [-0.2, 0) is 11.4 Å². The van der Waals surface area contributed by atoms with Gasteiger partial charge in [0, 0.05) is 11.1 Å². The Morgan fingerprint density at radius 1 is 1.12 bits per heavy atom. The normalized spacial score (nSPS) is 12.6. The molecule has 1 aliphatic rings. The molecule has 1 aliphatic heterocycles. The fourth-order valence-electron chi connectivity index (χ4n) is 4.01. The second-order valence-electron chi connectivity index (χ2n) is 9.32. The molecule has 1 atom stereocenters. The van der Waals surface area contributed by atoms with E-state index >= 15 is 0 Å². The van der Waals surface area contributed by atoms with E-state index in [9.17, 15) is 14.9 Å². The SMILES string of the molecule is CCOc1cc(/C=N/NC(=O)C(NC(=O)c2ccc3c(c2)OCO3)C(C)C)cc(Br)c1OCc1ccccc1C#N. The van der Waals surface area contributed by atoms with Crippen molar-refractivity contribution in [3.05, 3.63) is 81.3 Å². The van der Waals surface area contributed by atoms with Crippen molar-refractivity contribution in [3.63, 3.8) is 0 Å². The number of ether oxygens (including phenoxy) is 4. The number of nitrogens with zero attached hydrogens (tertiary/aromatic N) is 2. The molecule has 3 aromatic carbocycles. The molecular weight excluding hydrogens is 592 g/mol. The number of amides is 2. The summed E-state index contributed by atoms with van der Waals surface area (Å²) in [6.45, 7) is 6.19. The van der Waals surface area contributed by atoms with Crippen LogP contribution in [0.5, 0.6) is 23.0 Å². The largest absolute Gasteiger partial charge is 0.490 e. The van der Waals surface area contributed by atoms with Crippen LogP contribution in [0.25, 0.3) is 0 Å². The summed E-state index contributed by atoms with van der Waals surface area (Å²) < 4.78 is 23.0. The molecule has 0 saturated carbocycles. The van der Waals surface area contributed by atoms with Gasteiger partial charge in [0.2, 0.25) is 6.79 Å². The first-order valence-corrected chi connectivity index (χ1v) is 13.7. The zero-order valence-electron chi connectivity index (χ0n) is 22.8. The van der Waals surface area contributed by atoms with Crippen molar-refractivity contribution in [1.82, 2.24) is 10.7 Å². The molecule has 0 aromatic heterocycles. The van der Waals surface area contributed by atoms with Crippen LogP contribution >= 0.6 is 15.9 Å². The van der Waals surface area contributed by atoms with Gasteiger partial charge in [-0.3, -0.25) is 9.59 Å². The number of nitriles is 1. The maximum Gasteiger partial charge on any atom is 0.262 e. The molecule has 0 spiro atoms. The third kappa shape index (κ3) is 7.35. The van der Waals surface area contributed by atoms with Crippen molar-refractivity contribution in [2.75, 3.05) is 13.4 Å². The summed E-state index contributed by atoms with van der Waals surface area (Å²) in [6, 6.07) is 16.9. The molecule has 2 amide bonds. The minimum absolute atomic E-state index is 0.102. The Balaban J connectivity index is 1.42. The molecule has 4 rings (SSSR count). The first kappa shape index (κ1) is 29.4. The highest BCUT2D eigenvalue weighted by Crippen LogP contribution is 2.37. The van der Waals surface area contributed by atoms with Crippen LogP contribution in [-0.4, -0.2) is 37.5 Å². The first-order valence-electron chi connectivity index (χ1n) is 12.9. The molecule has 10 nitrogen and oxygen atoms in total. The highest BCUT2D eigenvalue weighted by atomic mass is 79.9. The molecule has 212 valence electrons. The molecule has 2 N–H and O–H groups in total. The average Bonchev–Trinajstić information content (AvgIpc) is 3.43. The molecule has 1 unspecified atom stereocenters. The lowest BCUT2D eigenvalue weighted by atomic mass is 10.0. The van der Waals surface area contributed by atoms with Gasteiger partial charge in [-0.1, -0.05) is 32.0 Å². The fraction of sp³-hybridized carbons (Fsp3) is 0.267. The maximum atomic E-state index is 12.9. The van der Waals surface area contributed by atoms with Crippen LogP contribution in [0.4, 0.5) is 0 Å². The lowest BCUT2D eigenvalue weighted by molar-refractivity contribution is -0.123. The van der Waals surface area contributed by atoms with Gasteiger partial charge in [-0.05, 0) is 70.7 Å². The van der Waals surface area contributed by atoms with Crippen LogP contribution in [0.2, 0.25) is 0 Å². The summed E-state index contributed by atoms with van der Waals surface area (Å²) in [5.41, 5.74) is 4.78. The van der Waals surface area contributed by atoms with Crippen LogP contribution in [0.1, 0.15) is 47.8 Å². The van der Waals surface area contributed by atoms with E-state index in [1.165, 1.54) is 6.21 Å². The van der Waals surface area contributed by atoms with E-state index in [2.05, 4.69) is 37.8 Å². The lowest BCUT2D eigenvalue weighted by Gasteiger charge is -2.20. The van der Waals surface area contributed by atoms with Gasteiger partial charge >= 0.3 is 0 Å². The minimum atomic E-state index is -0.831. The Morgan fingerprint density at radius 2 is 1.90 bits per heavy atom. The van der Waals surface area contributed by atoms with E-state index in [4.69, 9.17) is 18.9 Å². The second-order valence-corrected chi connectivity index (χ2v) is 10.2. The van der Waals surface area contributed by atoms with Gasteiger partial charge in [0.15, 0.2) is 23.0 Å². The Kier molecular flexibility index (Phi) is 9.81. The van der Waals surface area contributed by atoms with Crippen LogP contribution in [0, 0.1) is 17.2 Å². The lowest BCUT2D eigenvalue weighted by Crippen LogP contribution is -2.48. The number of hydrogen-bond donors (Lipinski definition) is 2. The van der Waals surface area contributed by atoms with E-state index in [0.717, 1.165) is 5.56 Å². The maximum absolute atomic E-state index is 12.9. The van der Waals surface area contributed by atoms with Gasteiger partial charge in [-0.2, -0.15) is 10.4 Å². The zero-order chi connectivity index (χ0) is 29.4. The predicted octanol–water partition coefficient (Wildman–Crippen LogP) is 4.93. The third-order valence-corrected chi connectivity index (χ3v) is 6.69. The molecule has 0 saturated heterocycles.